The molecule has 0 spiro atoms. The van der Waals surface area contributed by atoms with E-state index >= 15 is 0 Å². The summed E-state index contributed by atoms with van der Waals surface area (Å²) in [5.41, 5.74) is 9.77. The monoisotopic (exact) mass is 325 g/mol. The minimum Gasteiger partial charge on any atom is -0.398 e. The molecule has 1 aromatic heterocycles. The number of para-hydroxylation sites is 1. The average molecular weight is 326 g/mol. The molecule has 0 saturated carbocycles. The summed E-state index contributed by atoms with van der Waals surface area (Å²) < 4.78 is 0. The Bertz CT molecular complexity index is 824. The highest BCUT2D eigenvalue weighted by Crippen LogP contribution is 2.21. The highest BCUT2D eigenvalue weighted by molar-refractivity contribution is 6.30. The quantitative estimate of drug-likeness (QED) is 0.638. The number of nitrogen functional groups attached to an aromatic ring is 1. The zero-order chi connectivity index (χ0) is 16.2. The predicted molar refractivity (Wildman–Crippen MR) is 93.3 cm³/mol. The standard InChI is InChI=1S/C18H16ClN3O/c19-14-7-5-12(6-8-14)16-9-10-17(22-16)18(23)21-11-13-3-1-2-4-15(13)20/h1-10,22H,11,20H2,(H,21,23). The van der Waals surface area contributed by atoms with Crippen LogP contribution < -0.4 is 11.1 Å². The largest absolute Gasteiger partial charge is 0.398 e. The Kier molecular flexibility index (Phi) is 4.35. The number of hydrogen-bond acceptors (Lipinski definition) is 2. The fraction of sp³-hybridized carbons (Fsp3) is 0.0556. The molecule has 2 aromatic carbocycles. The Labute approximate surface area is 139 Å². The molecule has 0 aliphatic carbocycles. The van der Waals surface area contributed by atoms with Crippen molar-refractivity contribution in [3.63, 3.8) is 0 Å². The summed E-state index contributed by atoms with van der Waals surface area (Å²) in [5.74, 6) is -0.173. The normalized spacial score (nSPS) is 10.5. The van der Waals surface area contributed by atoms with E-state index in [-0.39, 0.29) is 5.91 Å². The number of halogens is 1. The number of benzene rings is 2. The third-order valence-electron chi connectivity index (χ3n) is 3.58. The van der Waals surface area contributed by atoms with E-state index in [1.807, 2.05) is 54.6 Å². The van der Waals surface area contributed by atoms with Crippen molar-refractivity contribution in [3.05, 3.63) is 76.9 Å². The topological polar surface area (TPSA) is 70.9 Å². The van der Waals surface area contributed by atoms with Gasteiger partial charge in [-0.05, 0) is 41.5 Å². The molecule has 1 heterocycles. The summed E-state index contributed by atoms with van der Waals surface area (Å²) in [6.45, 7) is 0.390. The molecule has 1 amide bonds. The van der Waals surface area contributed by atoms with Crippen LogP contribution in [0, 0.1) is 0 Å². The number of aromatic nitrogens is 1. The molecule has 0 radical (unpaired) electrons. The summed E-state index contributed by atoms with van der Waals surface area (Å²) >= 11 is 5.88. The summed E-state index contributed by atoms with van der Waals surface area (Å²) in [4.78, 5) is 15.3. The lowest BCUT2D eigenvalue weighted by molar-refractivity contribution is 0.0946. The number of nitrogens with two attached hydrogens (primary N) is 1. The number of carbonyl (C=O) groups excluding carboxylic acids is 1. The van der Waals surface area contributed by atoms with Crippen LogP contribution in [0.15, 0.2) is 60.7 Å². The molecule has 0 aliphatic heterocycles. The maximum Gasteiger partial charge on any atom is 0.267 e. The zero-order valence-electron chi connectivity index (χ0n) is 12.3. The first-order chi connectivity index (χ1) is 11.1. The van der Waals surface area contributed by atoms with Crippen LogP contribution >= 0.6 is 11.6 Å². The number of amides is 1. The SMILES string of the molecule is Nc1ccccc1CNC(=O)c1ccc(-c2ccc(Cl)cc2)[nH]1. The van der Waals surface area contributed by atoms with Crippen LogP contribution in [0.4, 0.5) is 5.69 Å². The van der Waals surface area contributed by atoms with E-state index in [0.29, 0.717) is 22.9 Å². The van der Waals surface area contributed by atoms with Crippen molar-refractivity contribution in [1.82, 2.24) is 10.3 Å². The summed E-state index contributed by atoms with van der Waals surface area (Å²) in [5, 5.41) is 3.54. The van der Waals surface area contributed by atoms with E-state index in [0.717, 1.165) is 16.8 Å². The molecule has 116 valence electrons. The molecule has 4 N–H and O–H groups in total. The van der Waals surface area contributed by atoms with Gasteiger partial charge in [0.1, 0.15) is 5.69 Å². The molecule has 3 aromatic rings. The third-order valence-corrected chi connectivity index (χ3v) is 3.83. The van der Waals surface area contributed by atoms with E-state index in [2.05, 4.69) is 10.3 Å². The first kappa shape index (κ1) is 15.2. The molecule has 0 aliphatic rings. The maximum atomic E-state index is 12.2. The molecule has 0 atom stereocenters. The van der Waals surface area contributed by atoms with Crippen molar-refractivity contribution in [2.24, 2.45) is 0 Å². The van der Waals surface area contributed by atoms with Gasteiger partial charge in [-0.3, -0.25) is 4.79 Å². The number of anilines is 1. The molecule has 0 bridgehead atoms. The van der Waals surface area contributed by atoms with Crippen molar-refractivity contribution in [2.45, 2.75) is 6.54 Å². The van der Waals surface area contributed by atoms with E-state index < -0.39 is 0 Å². The van der Waals surface area contributed by atoms with E-state index in [4.69, 9.17) is 17.3 Å². The molecule has 0 fully saturated rings. The van der Waals surface area contributed by atoms with E-state index in [1.165, 1.54) is 0 Å². The number of H-pyrrole nitrogens is 1. The van der Waals surface area contributed by atoms with Crippen LogP contribution in [0.5, 0.6) is 0 Å². The Morgan fingerprint density at radius 3 is 2.52 bits per heavy atom. The smallest absolute Gasteiger partial charge is 0.267 e. The second-order valence-corrected chi connectivity index (χ2v) is 5.61. The summed E-state index contributed by atoms with van der Waals surface area (Å²) in [6.07, 6.45) is 0. The van der Waals surface area contributed by atoms with Gasteiger partial charge in [0.25, 0.3) is 5.91 Å². The third kappa shape index (κ3) is 3.55. The number of aromatic amines is 1. The average Bonchev–Trinajstić information content (AvgIpc) is 3.04. The summed E-state index contributed by atoms with van der Waals surface area (Å²) in [6, 6.07) is 18.5. The van der Waals surface area contributed by atoms with Gasteiger partial charge in [-0.25, -0.2) is 0 Å². The van der Waals surface area contributed by atoms with Gasteiger partial charge < -0.3 is 16.0 Å². The number of carbonyl (C=O) groups is 1. The van der Waals surface area contributed by atoms with Crippen molar-refractivity contribution in [2.75, 3.05) is 5.73 Å². The maximum absolute atomic E-state index is 12.2. The van der Waals surface area contributed by atoms with Crippen LogP contribution in [-0.2, 0) is 6.54 Å². The first-order valence-electron chi connectivity index (χ1n) is 7.20. The lowest BCUT2D eigenvalue weighted by Gasteiger charge is -2.06. The molecule has 0 saturated heterocycles. The Hall–Kier alpha value is -2.72. The minimum atomic E-state index is -0.173. The van der Waals surface area contributed by atoms with E-state index in [1.54, 1.807) is 6.07 Å². The molecular formula is C18H16ClN3O. The lowest BCUT2D eigenvalue weighted by atomic mass is 10.2. The molecule has 0 unspecified atom stereocenters. The fourth-order valence-corrected chi connectivity index (χ4v) is 2.42. The van der Waals surface area contributed by atoms with Crippen LogP contribution in [0.2, 0.25) is 5.02 Å². The number of hydrogen-bond donors (Lipinski definition) is 3. The van der Waals surface area contributed by atoms with E-state index in [9.17, 15) is 4.79 Å². The van der Waals surface area contributed by atoms with Crippen LogP contribution in [-0.4, -0.2) is 10.9 Å². The van der Waals surface area contributed by atoms with Gasteiger partial charge in [0.15, 0.2) is 0 Å². The Morgan fingerprint density at radius 1 is 1.04 bits per heavy atom. The zero-order valence-corrected chi connectivity index (χ0v) is 13.1. The number of rotatable bonds is 4. The Balaban J connectivity index is 1.69. The van der Waals surface area contributed by atoms with Crippen molar-refractivity contribution in [3.8, 4) is 11.3 Å². The van der Waals surface area contributed by atoms with Gasteiger partial charge in [0, 0.05) is 22.9 Å². The van der Waals surface area contributed by atoms with Crippen LogP contribution in [0.25, 0.3) is 11.3 Å². The highest BCUT2D eigenvalue weighted by atomic mass is 35.5. The first-order valence-corrected chi connectivity index (χ1v) is 7.58. The number of nitrogens with one attached hydrogen (secondary N) is 2. The van der Waals surface area contributed by atoms with Gasteiger partial charge >= 0.3 is 0 Å². The fourth-order valence-electron chi connectivity index (χ4n) is 2.29. The lowest BCUT2D eigenvalue weighted by Crippen LogP contribution is -2.23. The highest BCUT2D eigenvalue weighted by Gasteiger charge is 2.09. The molecular weight excluding hydrogens is 310 g/mol. The van der Waals surface area contributed by atoms with Crippen LogP contribution in [0.1, 0.15) is 16.1 Å². The molecule has 5 heteroatoms. The van der Waals surface area contributed by atoms with Crippen LogP contribution in [0.3, 0.4) is 0 Å². The van der Waals surface area contributed by atoms with Gasteiger partial charge in [-0.15, -0.1) is 0 Å². The van der Waals surface area contributed by atoms with Gasteiger partial charge in [-0.1, -0.05) is 41.9 Å². The second-order valence-electron chi connectivity index (χ2n) is 5.17. The molecule has 3 rings (SSSR count). The van der Waals surface area contributed by atoms with Gasteiger partial charge in [0.05, 0.1) is 0 Å². The van der Waals surface area contributed by atoms with Crippen molar-refractivity contribution < 1.29 is 4.79 Å². The minimum absolute atomic E-state index is 0.173. The Morgan fingerprint density at radius 2 is 1.78 bits per heavy atom. The second kappa shape index (κ2) is 6.58. The van der Waals surface area contributed by atoms with Gasteiger partial charge in [-0.2, -0.15) is 0 Å². The molecule has 23 heavy (non-hydrogen) atoms. The summed E-state index contributed by atoms with van der Waals surface area (Å²) in [7, 11) is 0. The van der Waals surface area contributed by atoms with Crippen molar-refractivity contribution in [1.29, 1.82) is 0 Å². The van der Waals surface area contributed by atoms with Crippen molar-refractivity contribution >= 4 is 23.2 Å². The molecule has 4 nitrogen and oxygen atoms in total. The predicted octanol–water partition coefficient (Wildman–Crippen LogP) is 3.85. The van der Waals surface area contributed by atoms with Gasteiger partial charge in [0.2, 0.25) is 0 Å².